The molecule has 114 valence electrons. The van der Waals surface area contributed by atoms with Gasteiger partial charge in [-0.05, 0) is 42.7 Å². The van der Waals surface area contributed by atoms with Crippen molar-refractivity contribution in [3.05, 3.63) is 70.2 Å². The van der Waals surface area contributed by atoms with E-state index in [1.54, 1.807) is 4.90 Å². The highest BCUT2D eigenvalue weighted by Gasteiger charge is 2.22. The first kappa shape index (κ1) is 16.8. The first-order chi connectivity index (χ1) is 10.5. The van der Waals surface area contributed by atoms with Crippen molar-refractivity contribution in [2.75, 3.05) is 10.8 Å². The van der Waals surface area contributed by atoms with Gasteiger partial charge in [-0.25, -0.2) is 0 Å². The molecule has 0 aliphatic carbocycles. The Morgan fingerprint density at radius 3 is 2.32 bits per heavy atom. The third-order valence-corrected chi connectivity index (χ3v) is 4.18. The SMILES string of the molecule is C=C(c1cccc(Br)c1)N(C(=O)CCl)c1c(C)cccc1C. The molecule has 0 saturated heterocycles. The fourth-order valence-corrected chi connectivity index (χ4v) is 2.94. The molecule has 0 heterocycles. The molecule has 2 nitrogen and oxygen atoms in total. The largest absolute Gasteiger partial charge is 0.279 e. The van der Waals surface area contributed by atoms with Crippen molar-refractivity contribution in [2.24, 2.45) is 0 Å². The average molecular weight is 379 g/mol. The summed E-state index contributed by atoms with van der Waals surface area (Å²) in [5, 5.41) is 0. The highest BCUT2D eigenvalue weighted by molar-refractivity contribution is 9.10. The molecule has 1 amide bonds. The molecule has 0 aliphatic heterocycles. The number of carbonyl (C=O) groups is 1. The van der Waals surface area contributed by atoms with Gasteiger partial charge >= 0.3 is 0 Å². The Hall–Kier alpha value is -1.58. The summed E-state index contributed by atoms with van der Waals surface area (Å²) in [5.74, 6) is -0.287. The smallest absolute Gasteiger partial charge is 0.246 e. The molecule has 2 aromatic carbocycles. The van der Waals surface area contributed by atoms with Gasteiger partial charge in [0, 0.05) is 10.2 Å². The second-order valence-corrected chi connectivity index (χ2v) is 6.24. The van der Waals surface area contributed by atoms with E-state index >= 15 is 0 Å². The van der Waals surface area contributed by atoms with E-state index in [0.29, 0.717) is 5.70 Å². The van der Waals surface area contributed by atoms with Crippen LogP contribution in [0.4, 0.5) is 5.69 Å². The molecule has 0 saturated carbocycles. The number of carbonyl (C=O) groups excluding carboxylic acids is 1. The van der Waals surface area contributed by atoms with Crippen LogP contribution in [0.15, 0.2) is 53.5 Å². The van der Waals surface area contributed by atoms with Gasteiger partial charge in [0.25, 0.3) is 0 Å². The quantitative estimate of drug-likeness (QED) is 0.660. The zero-order valence-corrected chi connectivity index (χ0v) is 14.9. The molecule has 0 aliphatic rings. The number of amides is 1. The number of benzene rings is 2. The lowest BCUT2D eigenvalue weighted by atomic mass is 10.1. The Labute approximate surface area is 144 Å². The Bertz CT molecular complexity index is 707. The van der Waals surface area contributed by atoms with Gasteiger partial charge in [0.1, 0.15) is 5.88 Å². The highest BCUT2D eigenvalue weighted by Crippen LogP contribution is 2.32. The molecule has 22 heavy (non-hydrogen) atoms. The first-order valence-corrected chi connectivity index (χ1v) is 8.18. The topological polar surface area (TPSA) is 20.3 Å². The van der Waals surface area contributed by atoms with Crippen molar-refractivity contribution >= 4 is 44.8 Å². The van der Waals surface area contributed by atoms with Crippen LogP contribution in [0.2, 0.25) is 0 Å². The van der Waals surface area contributed by atoms with E-state index in [9.17, 15) is 4.79 Å². The average Bonchev–Trinajstić information content (AvgIpc) is 2.50. The summed E-state index contributed by atoms with van der Waals surface area (Å²) in [7, 11) is 0. The van der Waals surface area contributed by atoms with Gasteiger partial charge in [0.15, 0.2) is 0 Å². The van der Waals surface area contributed by atoms with Crippen molar-refractivity contribution in [3.63, 3.8) is 0 Å². The van der Waals surface area contributed by atoms with Gasteiger partial charge in [-0.1, -0.05) is 52.8 Å². The van der Waals surface area contributed by atoms with Crippen LogP contribution in [0.25, 0.3) is 5.70 Å². The van der Waals surface area contributed by atoms with Crippen molar-refractivity contribution < 1.29 is 4.79 Å². The number of nitrogens with zero attached hydrogens (tertiary/aromatic N) is 1. The van der Waals surface area contributed by atoms with Crippen molar-refractivity contribution in [2.45, 2.75) is 13.8 Å². The summed E-state index contributed by atoms with van der Waals surface area (Å²) in [6, 6.07) is 13.6. The molecule has 0 unspecified atom stereocenters. The Morgan fingerprint density at radius 2 is 1.77 bits per heavy atom. The minimum Gasteiger partial charge on any atom is -0.279 e. The van der Waals surface area contributed by atoms with Gasteiger partial charge in [0.2, 0.25) is 5.91 Å². The fraction of sp³-hybridized carbons (Fsp3) is 0.167. The van der Waals surface area contributed by atoms with E-state index in [1.807, 2.05) is 56.3 Å². The first-order valence-electron chi connectivity index (χ1n) is 6.85. The van der Waals surface area contributed by atoms with Gasteiger partial charge in [0.05, 0.1) is 5.69 Å². The lowest BCUT2D eigenvalue weighted by Crippen LogP contribution is -2.31. The van der Waals surface area contributed by atoms with Crippen molar-refractivity contribution in [3.8, 4) is 0 Å². The number of aryl methyl sites for hydroxylation is 2. The van der Waals surface area contributed by atoms with E-state index in [2.05, 4.69) is 22.5 Å². The molecular weight excluding hydrogens is 362 g/mol. The monoisotopic (exact) mass is 377 g/mol. The second-order valence-electron chi connectivity index (χ2n) is 5.06. The standard InChI is InChI=1S/C18H17BrClNO/c1-12-6-4-7-13(2)18(12)21(17(22)11-20)14(3)15-8-5-9-16(19)10-15/h4-10H,3,11H2,1-2H3. The molecule has 0 radical (unpaired) electrons. The Kier molecular flexibility index (Phi) is 5.43. The summed E-state index contributed by atoms with van der Waals surface area (Å²) >= 11 is 9.27. The molecule has 4 heteroatoms. The van der Waals surface area contributed by atoms with Crippen molar-refractivity contribution in [1.29, 1.82) is 0 Å². The van der Waals surface area contributed by atoms with Gasteiger partial charge in [-0.15, -0.1) is 11.6 Å². The summed E-state index contributed by atoms with van der Waals surface area (Å²) in [6.07, 6.45) is 0. The van der Waals surface area contributed by atoms with Crippen molar-refractivity contribution in [1.82, 2.24) is 0 Å². The lowest BCUT2D eigenvalue weighted by molar-refractivity contribution is -0.115. The molecule has 2 rings (SSSR count). The van der Waals surface area contributed by atoms with E-state index in [-0.39, 0.29) is 11.8 Å². The molecular formula is C18H17BrClNO. The Morgan fingerprint density at radius 1 is 1.18 bits per heavy atom. The molecule has 2 aromatic rings. The zero-order chi connectivity index (χ0) is 16.3. The molecule has 0 fully saturated rings. The van der Waals surface area contributed by atoms with E-state index in [4.69, 9.17) is 11.6 Å². The zero-order valence-electron chi connectivity index (χ0n) is 12.6. The van der Waals surface area contributed by atoms with Gasteiger partial charge in [-0.2, -0.15) is 0 Å². The van der Waals surface area contributed by atoms with Gasteiger partial charge < -0.3 is 0 Å². The van der Waals surface area contributed by atoms with E-state index in [1.165, 1.54) is 0 Å². The van der Waals surface area contributed by atoms with Crippen LogP contribution in [-0.4, -0.2) is 11.8 Å². The maximum Gasteiger partial charge on any atom is 0.246 e. The number of hydrogen-bond donors (Lipinski definition) is 0. The Balaban J connectivity index is 2.56. The third-order valence-electron chi connectivity index (χ3n) is 3.45. The number of anilines is 1. The molecule has 0 bridgehead atoms. The van der Waals surface area contributed by atoms with Crippen LogP contribution in [0.3, 0.4) is 0 Å². The minimum atomic E-state index is -0.191. The number of hydrogen-bond acceptors (Lipinski definition) is 1. The summed E-state index contributed by atoms with van der Waals surface area (Å²) in [4.78, 5) is 14.0. The second kappa shape index (κ2) is 7.12. The molecule has 0 atom stereocenters. The van der Waals surface area contributed by atoms with Crippen LogP contribution in [0, 0.1) is 13.8 Å². The van der Waals surface area contributed by atoms with Crippen LogP contribution in [0.1, 0.15) is 16.7 Å². The lowest BCUT2D eigenvalue weighted by Gasteiger charge is -2.27. The number of alkyl halides is 1. The minimum absolute atomic E-state index is 0.0964. The summed E-state index contributed by atoms with van der Waals surface area (Å²) in [6.45, 7) is 8.07. The van der Waals surface area contributed by atoms with Crippen LogP contribution in [-0.2, 0) is 4.79 Å². The summed E-state index contributed by atoms with van der Waals surface area (Å²) in [5.41, 5.74) is 4.35. The van der Waals surface area contributed by atoms with Gasteiger partial charge in [-0.3, -0.25) is 9.69 Å². The van der Waals surface area contributed by atoms with Crippen LogP contribution >= 0.6 is 27.5 Å². The van der Waals surface area contributed by atoms with Crippen LogP contribution < -0.4 is 4.90 Å². The normalized spacial score (nSPS) is 10.4. The molecule has 0 aromatic heterocycles. The molecule has 0 spiro atoms. The highest BCUT2D eigenvalue weighted by atomic mass is 79.9. The number of para-hydroxylation sites is 1. The van der Waals surface area contributed by atoms with E-state index < -0.39 is 0 Å². The predicted octanol–water partition coefficient (Wildman–Crippen LogP) is 5.31. The summed E-state index contributed by atoms with van der Waals surface area (Å²) < 4.78 is 0.936. The maximum absolute atomic E-state index is 12.4. The number of rotatable bonds is 4. The number of halogens is 2. The fourth-order valence-electron chi connectivity index (χ4n) is 2.43. The van der Waals surface area contributed by atoms with Crippen LogP contribution in [0.5, 0.6) is 0 Å². The maximum atomic E-state index is 12.4. The predicted molar refractivity (Wildman–Crippen MR) is 97.3 cm³/mol. The molecule has 0 N–H and O–H groups in total. The van der Waals surface area contributed by atoms with E-state index in [0.717, 1.165) is 26.9 Å². The third kappa shape index (κ3) is 3.42.